The Bertz CT molecular complexity index is 1730. The summed E-state index contributed by atoms with van der Waals surface area (Å²) < 4.78 is 18.8. The number of esters is 1. The van der Waals surface area contributed by atoms with E-state index in [2.05, 4.69) is 4.99 Å². The van der Waals surface area contributed by atoms with Gasteiger partial charge in [-0.15, -0.1) is 0 Å². The first-order valence-electron chi connectivity index (χ1n) is 11.9. The number of carbonyl (C=O) groups is 1. The molecule has 3 aromatic carbocycles. The first kappa shape index (κ1) is 24.5. The van der Waals surface area contributed by atoms with Crippen LogP contribution >= 0.6 is 11.3 Å². The van der Waals surface area contributed by atoms with Gasteiger partial charge in [0, 0.05) is 11.1 Å². The molecule has 0 amide bonds. The van der Waals surface area contributed by atoms with Crippen molar-refractivity contribution < 1.29 is 19.0 Å². The van der Waals surface area contributed by atoms with Crippen LogP contribution in [0.1, 0.15) is 31.0 Å². The third-order valence-electron chi connectivity index (χ3n) is 6.37. The smallest absolute Gasteiger partial charge is 0.338 e. The molecule has 4 aromatic rings. The Morgan fingerprint density at radius 1 is 1.03 bits per heavy atom. The zero-order chi connectivity index (χ0) is 26.1. The molecule has 8 heteroatoms. The van der Waals surface area contributed by atoms with Crippen LogP contribution in [0.4, 0.5) is 0 Å². The molecule has 0 aliphatic carbocycles. The van der Waals surface area contributed by atoms with Gasteiger partial charge in [-0.2, -0.15) is 0 Å². The van der Waals surface area contributed by atoms with Crippen molar-refractivity contribution in [1.29, 1.82) is 0 Å². The van der Waals surface area contributed by atoms with Crippen molar-refractivity contribution in [3.8, 4) is 11.5 Å². The molecule has 0 saturated carbocycles. The minimum atomic E-state index is -0.781. The minimum absolute atomic E-state index is 0.202. The van der Waals surface area contributed by atoms with E-state index in [-0.39, 0.29) is 12.2 Å². The molecule has 1 aliphatic heterocycles. The number of rotatable bonds is 6. The van der Waals surface area contributed by atoms with Crippen molar-refractivity contribution in [3.05, 3.63) is 103 Å². The quantitative estimate of drug-likeness (QED) is 0.364. The van der Waals surface area contributed by atoms with E-state index in [1.165, 1.54) is 11.3 Å². The van der Waals surface area contributed by atoms with Crippen molar-refractivity contribution in [2.24, 2.45) is 4.99 Å². The molecule has 0 N–H and O–H groups in total. The van der Waals surface area contributed by atoms with Gasteiger partial charge in [-0.3, -0.25) is 9.36 Å². The van der Waals surface area contributed by atoms with Crippen molar-refractivity contribution >= 4 is 34.2 Å². The van der Waals surface area contributed by atoms with E-state index in [1.54, 1.807) is 38.7 Å². The highest BCUT2D eigenvalue weighted by molar-refractivity contribution is 7.07. The number of para-hydroxylation sites is 1. The zero-order valence-corrected chi connectivity index (χ0v) is 21.8. The van der Waals surface area contributed by atoms with Crippen molar-refractivity contribution in [1.82, 2.24) is 4.57 Å². The first-order valence-corrected chi connectivity index (χ1v) is 12.7. The van der Waals surface area contributed by atoms with Crippen LogP contribution in [-0.2, 0) is 9.53 Å². The number of ether oxygens (including phenoxy) is 3. The summed E-state index contributed by atoms with van der Waals surface area (Å²) in [5.41, 5.74) is 2.04. The van der Waals surface area contributed by atoms with Crippen LogP contribution in [0, 0.1) is 0 Å². The second kappa shape index (κ2) is 10.1. The summed E-state index contributed by atoms with van der Waals surface area (Å²) in [5, 5.41) is 1.84. The van der Waals surface area contributed by atoms with Crippen LogP contribution in [0.3, 0.4) is 0 Å². The third-order valence-corrected chi connectivity index (χ3v) is 7.35. The van der Waals surface area contributed by atoms with Gasteiger partial charge in [0.05, 0.1) is 36.6 Å². The standard InChI is InChI=1S/C29H26N2O5S/c1-5-36-28(33)24-17(2)30-29-31(27(32)23(37-29)16-19-11-7-9-13-21(19)34-3)26(24)25-20-12-8-6-10-18(20)14-15-22(25)35-4/h6-16,26H,5H2,1-4H3/b23-16-/t26-/m1/s1. The normalized spacial score (nSPS) is 15.4. The number of allylic oxidation sites excluding steroid dienone is 1. The number of methoxy groups -OCH3 is 2. The van der Waals surface area contributed by atoms with Gasteiger partial charge in [-0.05, 0) is 42.8 Å². The molecular formula is C29H26N2O5S. The summed E-state index contributed by atoms with van der Waals surface area (Å²) in [6.07, 6.45) is 1.80. The van der Waals surface area contributed by atoms with Gasteiger partial charge in [0.2, 0.25) is 0 Å². The lowest BCUT2D eigenvalue weighted by Crippen LogP contribution is -2.40. The molecule has 188 valence electrons. The molecule has 2 heterocycles. The Balaban J connectivity index is 1.86. The maximum absolute atomic E-state index is 14.0. The summed E-state index contributed by atoms with van der Waals surface area (Å²) in [5.74, 6) is 0.714. The molecule has 1 aromatic heterocycles. The lowest BCUT2D eigenvalue weighted by molar-refractivity contribution is -0.139. The summed E-state index contributed by atoms with van der Waals surface area (Å²) >= 11 is 1.27. The predicted molar refractivity (Wildman–Crippen MR) is 144 cm³/mol. The van der Waals surface area contributed by atoms with Crippen molar-refractivity contribution in [2.45, 2.75) is 19.9 Å². The number of fused-ring (bicyclic) bond motifs is 2. The molecule has 0 bridgehead atoms. The molecule has 1 atom stereocenters. The number of aromatic nitrogens is 1. The number of nitrogens with zero attached hydrogens (tertiary/aromatic N) is 2. The maximum Gasteiger partial charge on any atom is 0.338 e. The largest absolute Gasteiger partial charge is 0.496 e. The monoisotopic (exact) mass is 514 g/mol. The fourth-order valence-corrected chi connectivity index (χ4v) is 5.76. The van der Waals surface area contributed by atoms with Crippen LogP contribution in [0.15, 0.2) is 81.7 Å². The van der Waals surface area contributed by atoms with Crippen LogP contribution in [0.25, 0.3) is 16.8 Å². The molecule has 0 saturated heterocycles. The van der Waals surface area contributed by atoms with Gasteiger partial charge in [0.15, 0.2) is 4.80 Å². The molecule has 7 nitrogen and oxygen atoms in total. The van der Waals surface area contributed by atoms with Crippen LogP contribution < -0.4 is 24.4 Å². The number of thiazole rings is 1. The highest BCUT2D eigenvalue weighted by atomic mass is 32.1. The Morgan fingerprint density at radius 2 is 1.76 bits per heavy atom. The third kappa shape index (κ3) is 4.23. The van der Waals surface area contributed by atoms with Gasteiger partial charge in [0.1, 0.15) is 17.5 Å². The Labute approximate surface area is 217 Å². The summed E-state index contributed by atoms with van der Waals surface area (Å²) in [7, 11) is 3.18. The molecular weight excluding hydrogens is 488 g/mol. The van der Waals surface area contributed by atoms with E-state index in [9.17, 15) is 9.59 Å². The minimum Gasteiger partial charge on any atom is -0.496 e. The number of hydrogen-bond acceptors (Lipinski definition) is 7. The number of hydrogen-bond donors (Lipinski definition) is 0. The Hall–Kier alpha value is -4.17. The Kier molecular flexibility index (Phi) is 6.67. The van der Waals surface area contributed by atoms with E-state index in [1.807, 2.05) is 60.7 Å². The molecule has 5 rings (SSSR count). The van der Waals surface area contributed by atoms with Gasteiger partial charge in [-0.1, -0.05) is 59.9 Å². The maximum atomic E-state index is 14.0. The fraction of sp³-hybridized carbons (Fsp3) is 0.207. The average Bonchev–Trinajstić information content (AvgIpc) is 3.21. The van der Waals surface area contributed by atoms with E-state index in [4.69, 9.17) is 14.2 Å². The lowest BCUT2D eigenvalue weighted by Gasteiger charge is -2.27. The number of benzene rings is 3. The van der Waals surface area contributed by atoms with Crippen LogP contribution in [0.5, 0.6) is 11.5 Å². The zero-order valence-electron chi connectivity index (χ0n) is 21.0. The van der Waals surface area contributed by atoms with Gasteiger partial charge < -0.3 is 14.2 Å². The first-order chi connectivity index (χ1) is 18.0. The highest BCUT2D eigenvalue weighted by Gasteiger charge is 2.36. The molecule has 0 radical (unpaired) electrons. The van der Waals surface area contributed by atoms with E-state index >= 15 is 0 Å². The van der Waals surface area contributed by atoms with Gasteiger partial charge in [0.25, 0.3) is 5.56 Å². The molecule has 0 spiro atoms. The molecule has 1 aliphatic rings. The second-order valence-electron chi connectivity index (χ2n) is 8.45. The summed E-state index contributed by atoms with van der Waals surface area (Å²) in [4.78, 5) is 32.5. The van der Waals surface area contributed by atoms with E-state index < -0.39 is 12.0 Å². The van der Waals surface area contributed by atoms with Gasteiger partial charge in [-0.25, -0.2) is 9.79 Å². The van der Waals surface area contributed by atoms with Gasteiger partial charge >= 0.3 is 5.97 Å². The van der Waals surface area contributed by atoms with E-state index in [0.717, 1.165) is 16.3 Å². The van der Waals surface area contributed by atoms with Crippen LogP contribution in [-0.4, -0.2) is 31.4 Å². The SMILES string of the molecule is CCOC(=O)C1=C(C)N=c2s/c(=C\c3ccccc3OC)c(=O)n2[C@H]1c1c(OC)ccc2ccccc12. The number of carbonyl (C=O) groups excluding carboxylic acids is 1. The lowest BCUT2D eigenvalue weighted by atomic mass is 9.90. The molecule has 0 fully saturated rings. The molecule has 37 heavy (non-hydrogen) atoms. The topological polar surface area (TPSA) is 79.1 Å². The summed E-state index contributed by atoms with van der Waals surface area (Å²) in [6, 6.07) is 18.4. The predicted octanol–water partition coefficient (Wildman–Crippen LogP) is 3.97. The highest BCUT2D eigenvalue weighted by Crippen LogP contribution is 2.40. The van der Waals surface area contributed by atoms with E-state index in [0.29, 0.717) is 37.7 Å². The Morgan fingerprint density at radius 3 is 2.51 bits per heavy atom. The second-order valence-corrected chi connectivity index (χ2v) is 9.46. The fourth-order valence-electron chi connectivity index (χ4n) is 4.73. The van der Waals surface area contributed by atoms with Crippen molar-refractivity contribution in [3.63, 3.8) is 0 Å². The molecule has 0 unspecified atom stereocenters. The van der Waals surface area contributed by atoms with Crippen molar-refractivity contribution in [2.75, 3.05) is 20.8 Å². The van der Waals surface area contributed by atoms with Crippen LogP contribution in [0.2, 0.25) is 0 Å². The average molecular weight is 515 g/mol. The summed E-state index contributed by atoms with van der Waals surface area (Å²) in [6.45, 7) is 3.73.